The van der Waals surface area contributed by atoms with E-state index in [4.69, 9.17) is 0 Å². The fraction of sp³-hybridized carbons (Fsp3) is 0.632. The maximum Gasteiger partial charge on any atom is 0.179 e. The van der Waals surface area contributed by atoms with Crippen molar-refractivity contribution in [3.05, 3.63) is 35.4 Å². The first-order valence-electron chi connectivity index (χ1n) is 8.55. The van der Waals surface area contributed by atoms with E-state index in [1.807, 2.05) is 12.1 Å². The SMILES string of the molecule is CC(C)c1ccc(C(=O)C2CCC3CCCCC3N2)cc1. The van der Waals surface area contributed by atoms with Crippen LogP contribution in [0.25, 0.3) is 0 Å². The van der Waals surface area contributed by atoms with Gasteiger partial charge in [-0.1, -0.05) is 51.0 Å². The van der Waals surface area contributed by atoms with Gasteiger partial charge in [-0.05, 0) is 43.1 Å². The summed E-state index contributed by atoms with van der Waals surface area (Å²) >= 11 is 0. The molecule has 114 valence electrons. The van der Waals surface area contributed by atoms with Crippen LogP contribution in [-0.2, 0) is 0 Å². The number of ketones is 1. The molecule has 2 aliphatic rings. The van der Waals surface area contributed by atoms with E-state index in [0.717, 1.165) is 17.9 Å². The van der Waals surface area contributed by atoms with Gasteiger partial charge in [-0.2, -0.15) is 0 Å². The normalized spacial score (nSPS) is 29.2. The predicted molar refractivity (Wildman–Crippen MR) is 86.8 cm³/mol. The molecule has 0 aromatic heterocycles. The first-order valence-corrected chi connectivity index (χ1v) is 8.55. The minimum Gasteiger partial charge on any atom is -0.304 e. The Bertz CT molecular complexity index is 491. The number of carbonyl (C=O) groups is 1. The molecule has 2 nitrogen and oxygen atoms in total. The summed E-state index contributed by atoms with van der Waals surface area (Å²) in [4.78, 5) is 12.7. The molecule has 0 amide bonds. The van der Waals surface area contributed by atoms with Crippen molar-refractivity contribution in [1.29, 1.82) is 0 Å². The van der Waals surface area contributed by atoms with Gasteiger partial charge in [-0.15, -0.1) is 0 Å². The number of piperidine rings is 1. The van der Waals surface area contributed by atoms with Gasteiger partial charge in [0.1, 0.15) is 0 Å². The van der Waals surface area contributed by atoms with Crippen molar-refractivity contribution in [3.8, 4) is 0 Å². The van der Waals surface area contributed by atoms with Crippen molar-refractivity contribution in [1.82, 2.24) is 5.32 Å². The molecule has 0 radical (unpaired) electrons. The van der Waals surface area contributed by atoms with Gasteiger partial charge in [-0.25, -0.2) is 0 Å². The van der Waals surface area contributed by atoms with Gasteiger partial charge in [0, 0.05) is 11.6 Å². The lowest BCUT2D eigenvalue weighted by atomic mass is 9.77. The third-order valence-electron chi connectivity index (χ3n) is 5.33. The third-order valence-corrected chi connectivity index (χ3v) is 5.33. The summed E-state index contributed by atoms with van der Waals surface area (Å²) in [5.74, 6) is 1.62. The van der Waals surface area contributed by atoms with Crippen molar-refractivity contribution in [2.24, 2.45) is 5.92 Å². The minimum absolute atomic E-state index is 0.0363. The maximum absolute atomic E-state index is 12.7. The average Bonchev–Trinajstić information content (AvgIpc) is 2.54. The smallest absolute Gasteiger partial charge is 0.179 e. The molecule has 21 heavy (non-hydrogen) atoms. The quantitative estimate of drug-likeness (QED) is 0.839. The van der Waals surface area contributed by atoms with Gasteiger partial charge in [0.15, 0.2) is 5.78 Å². The highest BCUT2D eigenvalue weighted by molar-refractivity contribution is 6.00. The van der Waals surface area contributed by atoms with E-state index < -0.39 is 0 Å². The highest BCUT2D eigenvalue weighted by Crippen LogP contribution is 2.33. The van der Waals surface area contributed by atoms with Crippen LogP contribution in [0.3, 0.4) is 0 Å². The highest BCUT2D eigenvalue weighted by atomic mass is 16.1. The van der Waals surface area contributed by atoms with E-state index in [9.17, 15) is 4.79 Å². The van der Waals surface area contributed by atoms with Crippen molar-refractivity contribution >= 4 is 5.78 Å². The molecule has 0 spiro atoms. The maximum atomic E-state index is 12.7. The average molecular weight is 285 g/mol. The van der Waals surface area contributed by atoms with E-state index in [-0.39, 0.29) is 11.8 Å². The minimum atomic E-state index is 0.0363. The second kappa shape index (κ2) is 6.31. The molecule has 1 saturated carbocycles. The monoisotopic (exact) mass is 285 g/mol. The number of hydrogen-bond donors (Lipinski definition) is 1. The second-order valence-corrected chi connectivity index (χ2v) is 7.09. The molecule has 1 N–H and O–H groups in total. The number of Topliss-reactive ketones (excluding diaryl/α,β-unsaturated/α-hetero) is 1. The Kier molecular flexibility index (Phi) is 4.44. The van der Waals surface area contributed by atoms with Crippen molar-refractivity contribution < 1.29 is 4.79 Å². The number of nitrogens with one attached hydrogen (secondary N) is 1. The Morgan fingerprint density at radius 1 is 1.05 bits per heavy atom. The van der Waals surface area contributed by atoms with Crippen LogP contribution in [0.2, 0.25) is 0 Å². The summed E-state index contributed by atoms with van der Waals surface area (Å²) < 4.78 is 0. The number of fused-ring (bicyclic) bond motifs is 1. The topological polar surface area (TPSA) is 29.1 Å². The van der Waals surface area contributed by atoms with Crippen molar-refractivity contribution in [2.75, 3.05) is 0 Å². The molecule has 1 aromatic rings. The largest absolute Gasteiger partial charge is 0.304 e. The molecule has 1 aliphatic carbocycles. The lowest BCUT2D eigenvalue weighted by Crippen LogP contribution is -2.52. The van der Waals surface area contributed by atoms with Gasteiger partial charge in [-0.3, -0.25) is 4.79 Å². The molecular formula is C19H27NO. The fourth-order valence-corrected chi connectivity index (χ4v) is 3.94. The Morgan fingerprint density at radius 2 is 1.76 bits per heavy atom. The molecule has 3 unspecified atom stereocenters. The Hall–Kier alpha value is -1.15. The molecule has 2 heteroatoms. The van der Waals surface area contributed by atoms with E-state index in [1.165, 1.54) is 37.7 Å². The van der Waals surface area contributed by atoms with Crippen LogP contribution in [0, 0.1) is 5.92 Å². The van der Waals surface area contributed by atoms with Crippen molar-refractivity contribution in [3.63, 3.8) is 0 Å². The van der Waals surface area contributed by atoms with E-state index >= 15 is 0 Å². The fourth-order valence-electron chi connectivity index (χ4n) is 3.94. The van der Waals surface area contributed by atoms with Gasteiger partial charge >= 0.3 is 0 Å². The van der Waals surface area contributed by atoms with Crippen LogP contribution in [0.1, 0.15) is 74.2 Å². The Morgan fingerprint density at radius 3 is 2.48 bits per heavy atom. The number of hydrogen-bond acceptors (Lipinski definition) is 2. The summed E-state index contributed by atoms with van der Waals surface area (Å²) in [5, 5.41) is 3.64. The van der Waals surface area contributed by atoms with Gasteiger partial charge < -0.3 is 5.32 Å². The molecule has 1 saturated heterocycles. The number of carbonyl (C=O) groups excluding carboxylic acids is 1. The van der Waals surface area contributed by atoms with Crippen LogP contribution in [0.4, 0.5) is 0 Å². The summed E-state index contributed by atoms with van der Waals surface area (Å²) in [7, 11) is 0. The molecule has 0 bridgehead atoms. The molecule has 1 aromatic carbocycles. The standard InChI is InChI=1S/C19H27NO/c1-13(2)14-7-9-16(10-8-14)19(21)18-12-11-15-5-3-4-6-17(15)20-18/h7-10,13,15,17-18,20H,3-6,11-12H2,1-2H3. The molecule has 2 fully saturated rings. The summed E-state index contributed by atoms with van der Waals surface area (Å²) in [5.41, 5.74) is 2.17. The first kappa shape index (κ1) is 14.8. The Balaban J connectivity index is 1.67. The molecule has 1 heterocycles. The lowest BCUT2D eigenvalue weighted by Gasteiger charge is -2.40. The molecular weight excluding hydrogens is 258 g/mol. The predicted octanol–water partition coefficient (Wildman–Crippen LogP) is 4.30. The van der Waals surface area contributed by atoms with E-state index in [2.05, 4.69) is 31.3 Å². The van der Waals surface area contributed by atoms with Crippen molar-refractivity contribution in [2.45, 2.75) is 70.4 Å². The van der Waals surface area contributed by atoms with Crippen LogP contribution in [-0.4, -0.2) is 17.9 Å². The van der Waals surface area contributed by atoms with Crippen LogP contribution in [0.15, 0.2) is 24.3 Å². The molecule has 3 atom stereocenters. The number of rotatable bonds is 3. The third kappa shape index (κ3) is 3.21. The lowest BCUT2D eigenvalue weighted by molar-refractivity contribution is 0.0861. The van der Waals surface area contributed by atoms with E-state index in [0.29, 0.717) is 12.0 Å². The van der Waals surface area contributed by atoms with Crippen LogP contribution in [0.5, 0.6) is 0 Å². The first-order chi connectivity index (χ1) is 10.1. The Labute approximate surface area is 128 Å². The molecule has 3 rings (SSSR count). The highest BCUT2D eigenvalue weighted by Gasteiger charge is 2.34. The van der Waals surface area contributed by atoms with Gasteiger partial charge in [0.25, 0.3) is 0 Å². The van der Waals surface area contributed by atoms with Crippen LogP contribution >= 0.6 is 0 Å². The zero-order valence-corrected chi connectivity index (χ0v) is 13.3. The number of benzene rings is 1. The zero-order valence-electron chi connectivity index (χ0n) is 13.3. The zero-order chi connectivity index (χ0) is 14.8. The van der Waals surface area contributed by atoms with Gasteiger partial charge in [0.05, 0.1) is 6.04 Å². The summed E-state index contributed by atoms with van der Waals surface area (Å²) in [6.45, 7) is 4.37. The van der Waals surface area contributed by atoms with Gasteiger partial charge in [0.2, 0.25) is 0 Å². The summed E-state index contributed by atoms with van der Waals surface area (Å²) in [6, 6.07) is 8.83. The van der Waals surface area contributed by atoms with Crippen LogP contribution < -0.4 is 5.32 Å². The second-order valence-electron chi connectivity index (χ2n) is 7.09. The molecule has 1 aliphatic heterocycles. The van der Waals surface area contributed by atoms with E-state index in [1.54, 1.807) is 0 Å². The summed E-state index contributed by atoms with van der Waals surface area (Å²) in [6.07, 6.45) is 7.52.